The van der Waals surface area contributed by atoms with Gasteiger partial charge >= 0.3 is 0 Å². The molecule has 5 nitrogen and oxygen atoms in total. The molecule has 110 valence electrons. The molecule has 1 aliphatic rings. The van der Waals surface area contributed by atoms with Crippen molar-refractivity contribution in [2.24, 2.45) is 5.92 Å². The maximum atomic E-state index is 12.7. The summed E-state index contributed by atoms with van der Waals surface area (Å²) in [6.07, 6.45) is 2.33. The molecule has 1 aromatic rings. The number of amides is 1. The van der Waals surface area contributed by atoms with E-state index < -0.39 is 0 Å². The number of hydrogen-bond donors (Lipinski definition) is 1. The van der Waals surface area contributed by atoms with Crippen LogP contribution in [0.1, 0.15) is 30.3 Å². The summed E-state index contributed by atoms with van der Waals surface area (Å²) in [4.78, 5) is 18.5. The Balaban J connectivity index is 2.22. The Morgan fingerprint density at radius 2 is 2.30 bits per heavy atom. The van der Waals surface area contributed by atoms with E-state index >= 15 is 0 Å². The van der Waals surface area contributed by atoms with E-state index in [9.17, 15) is 4.79 Å². The molecule has 0 radical (unpaired) electrons. The fourth-order valence-corrected chi connectivity index (χ4v) is 2.44. The maximum Gasteiger partial charge on any atom is 0.274 e. The molecular formula is C14H20ClN3O2. The van der Waals surface area contributed by atoms with Gasteiger partial charge in [-0.3, -0.25) is 4.79 Å². The first kappa shape index (κ1) is 15.1. The minimum atomic E-state index is -0.182. The summed E-state index contributed by atoms with van der Waals surface area (Å²) in [5.74, 6) is 0.679. The van der Waals surface area contributed by atoms with Crippen LogP contribution in [-0.2, 0) is 4.74 Å². The number of hydrogen-bond acceptors (Lipinski definition) is 4. The van der Waals surface area contributed by atoms with Crippen molar-refractivity contribution in [3.05, 3.63) is 22.8 Å². The number of halogens is 1. The number of carbonyl (C=O) groups is 1. The van der Waals surface area contributed by atoms with Crippen LogP contribution in [0.25, 0.3) is 0 Å². The van der Waals surface area contributed by atoms with Crippen LogP contribution in [0.2, 0.25) is 5.02 Å². The summed E-state index contributed by atoms with van der Waals surface area (Å²) < 4.78 is 5.09. The summed E-state index contributed by atoms with van der Waals surface area (Å²) in [5, 5.41) is 0.328. The predicted molar refractivity (Wildman–Crippen MR) is 78.8 cm³/mol. The van der Waals surface area contributed by atoms with Crippen LogP contribution in [0, 0.1) is 5.92 Å². The highest BCUT2D eigenvalue weighted by Crippen LogP contribution is 2.35. The second-order valence-corrected chi connectivity index (χ2v) is 5.54. The van der Waals surface area contributed by atoms with Crippen LogP contribution in [0.4, 0.5) is 5.82 Å². The molecule has 0 aromatic carbocycles. The molecule has 6 heteroatoms. The molecule has 1 aliphatic carbocycles. The third-order valence-corrected chi connectivity index (χ3v) is 3.97. The van der Waals surface area contributed by atoms with Crippen LogP contribution < -0.4 is 5.73 Å². The monoisotopic (exact) mass is 297 g/mol. The number of nitrogens with zero attached hydrogens (tertiary/aromatic N) is 2. The van der Waals surface area contributed by atoms with Crippen LogP contribution in [0.15, 0.2) is 12.1 Å². The lowest BCUT2D eigenvalue weighted by atomic mass is 10.1. The van der Waals surface area contributed by atoms with Gasteiger partial charge in [0, 0.05) is 19.7 Å². The number of rotatable bonds is 6. The number of carbonyl (C=O) groups excluding carboxylic acids is 1. The first-order valence-electron chi connectivity index (χ1n) is 6.76. The molecule has 1 amide bonds. The van der Waals surface area contributed by atoms with Gasteiger partial charge in [-0.25, -0.2) is 4.98 Å². The number of aromatic nitrogens is 1. The normalized spacial score (nSPS) is 15.9. The van der Waals surface area contributed by atoms with Crippen LogP contribution in [-0.4, -0.2) is 42.1 Å². The largest absolute Gasteiger partial charge is 0.384 e. The van der Waals surface area contributed by atoms with Crippen molar-refractivity contribution in [1.82, 2.24) is 9.88 Å². The molecule has 2 N–H and O–H groups in total. The number of anilines is 1. The Morgan fingerprint density at radius 1 is 1.60 bits per heavy atom. The number of ether oxygens (including phenoxy) is 1. The highest BCUT2D eigenvalue weighted by atomic mass is 35.5. The Kier molecular flexibility index (Phi) is 4.83. The Hall–Kier alpha value is -1.33. The van der Waals surface area contributed by atoms with Crippen molar-refractivity contribution in [3.63, 3.8) is 0 Å². The van der Waals surface area contributed by atoms with E-state index in [2.05, 4.69) is 11.9 Å². The Morgan fingerprint density at radius 3 is 2.90 bits per heavy atom. The smallest absolute Gasteiger partial charge is 0.274 e. The Labute approximate surface area is 124 Å². The van der Waals surface area contributed by atoms with Gasteiger partial charge in [0.25, 0.3) is 5.91 Å². The number of pyridine rings is 1. The second-order valence-electron chi connectivity index (χ2n) is 5.14. The number of nitrogen functional groups attached to an aromatic ring is 1. The van der Waals surface area contributed by atoms with E-state index in [-0.39, 0.29) is 17.6 Å². The first-order valence-corrected chi connectivity index (χ1v) is 7.14. The van der Waals surface area contributed by atoms with Crippen molar-refractivity contribution < 1.29 is 9.53 Å². The molecule has 0 bridgehead atoms. The van der Waals surface area contributed by atoms with Crippen LogP contribution in [0.3, 0.4) is 0 Å². The topological polar surface area (TPSA) is 68.5 Å². The van der Waals surface area contributed by atoms with Gasteiger partial charge in [-0.05, 0) is 37.8 Å². The number of nitrogens with two attached hydrogens (primary N) is 1. The zero-order chi connectivity index (χ0) is 14.7. The summed E-state index contributed by atoms with van der Waals surface area (Å²) in [7, 11) is 1.62. The molecule has 0 spiro atoms. The van der Waals surface area contributed by atoms with E-state index in [4.69, 9.17) is 22.1 Å². The summed E-state index contributed by atoms with van der Waals surface area (Å²) in [5.41, 5.74) is 5.87. The highest BCUT2D eigenvalue weighted by Gasteiger charge is 2.35. The third-order valence-electron chi connectivity index (χ3n) is 3.66. The third kappa shape index (κ3) is 3.41. The first-order chi connectivity index (χ1) is 9.54. The molecule has 1 unspecified atom stereocenters. The molecule has 1 atom stereocenters. The van der Waals surface area contributed by atoms with Gasteiger partial charge in [-0.15, -0.1) is 0 Å². The fourth-order valence-electron chi connectivity index (χ4n) is 2.26. The second kappa shape index (κ2) is 6.41. The molecule has 1 fully saturated rings. The van der Waals surface area contributed by atoms with Gasteiger partial charge < -0.3 is 15.4 Å². The quantitative estimate of drug-likeness (QED) is 0.874. The molecule has 0 aliphatic heterocycles. The van der Waals surface area contributed by atoms with E-state index in [1.54, 1.807) is 24.1 Å². The van der Waals surface area contributed by atoms with Gasteiger partial charge in [0.2, 0.25) is 0 Å². The molecule has 1 heterocycles. The lowest BCUT2D eigenvalue weighted by Crippen LogP contribution is -2.42. The van der Waals surface area contributed by atoms with Gasteiger partial charge in [0.15, 0.2) is 0 Å². The van der Waals surface area contributed by atoms with Crippen LogP contribution in [0.5, 0.6) is 0 Å². The van der Waals surface area contributed by atoms with Crippen molar-refractivity contribution in [1.29, 1.82) is 0 Å². The molecule has 1 saturated carbocycles. The van der Waals surface area contributed by atoms with Crippen molar-refractivity contribution >= 4 is 23.3 Å². The van der Waals surface area contributed by atoms with Gasteiger partial charge in [-0.1, -0.05) is 11.6 Å². The van der Waals surface area contributed by atoms with Gasteiger partial charge in [0.1, 0.15) is 11.5 Å². The summed E-state index contributed by atoms with van der Waals surface area (Å²) >= 11 is 6.07. The molecule has 2 rings (SSSR count). The predicted octanol–water partition coefficient (Wildman–Crippen LogP) is 2.20. The average molecular weight is 298 g/mol. The van der Waals surface area contributed by atoms with E-state index in [1.165, 1.54) is 0 Å². The lowest BCUT2D eigenvalue weighted by molar-refractivity contribution is 0.0589. The standard InChI is InChI=1S/C14H20ClN3O2/c1-9(10-3-4-10)18(7-8-20-2)14(19)13-11(15)5-6-12(16)17-13/h5-6,9-10H,3-4,7-8H2,1-2H3,(H2,16,17). The molecular weight excluding hydrogens is 278 g/mol. The SMILES string of the molecule is COCCN(C(=O)c1nc(N)ccc1Cl)C(C)C1CC1. The summed E-state index contributed by atoms with van der Waals surface area (Å²) in [6, 6.07) is 3.35. The zero-order valence-electron chi connectivity index (χ0n) is 11.8. The fraction of sp³-hybridized carbons (Fsp3) is 0.571. The zero-order valence-corrected chi connectivity index (χ0v) is 12.6. The van der Waals surface area contributed by atoms with Gasteiger partial charge in [-0.2, -0.15) is 0 Å². The Bertz CT molecular complexity index is 491. The van der Waals surface area contributed by atoms with Crippen molar-refractivity contribution in [2.45, 2.75) is 25.8 Å². The van der Waals surface area contributed by atoms with Crippen LogP contribution >= 0.6 is 11.6 Å². The van der Waals surface area contributed by atoms with E-state index in [1.807, 2.05) is 0 Å². The van der Waals surface area contributed by atoms with Crippen molar-refractivity contribution in [2.75, 3.05) is 26.0 Å². The summed E-state index contributed by atoms with van der Waals surface area (Å²) in [6.45, 7) is 3.08. The molecule has 20 heavy (non-hydrogen) atoms. The van der Waals surface area contributed by atoms with Crippen molar-refractivity contribution in [3.8, 4) is 0 Å². The van der Waals surface area contributed by atoms with E-state index in [0.29, 0.717) is 29.9 Å². The minimum absolute atomic E-state index is 0.164. The minimum Gasteiger partial charge on any atom is -0.384 e. The highest BCUT2D eigenvalue weighted by molar-refractivity contribution is 6.33. The number of methoxy groups -OCH3 is 1. The lowest BCUT2D eigenvalue weighted by Gasteiger charge is -2.29. The van der Waals surface area contributed by atoms with E-state index in [0.717, 1.165) is 12.8 Å². The maximum absolute atomic E-state index is 12.7. The molecule has 1 aromatic heterocycles. The van der Waals surface area contributed by atoms with Gasteiger partial charge in [0.05, 0.1) is 11.6 Å². The average Bonchev–Trinajstić information content (AvgIpc) is 3.26. The molecule has 0 saturated heterocycles.